The molecule has 0 atom stereocenters. The molecular weight excluding hydrogens is 402 g/mol. The molecule has 0 spiro atoms. The summed E-state index contributed by atoms with van der Waals surface area (Å²) in [6.45, 7) is 0.375. The minimum Gasteiger partial charge on any atom is -0.495 e. The van der Waals surface area contributed by atoms with E-state index in [1.54, 1.807) is 30.1 Å². The largest absolute Gasteiger partial charge is 0.495 e. The number of methoxy groups -OCH3 is 1. The molecule has 0 fully saturated rings. The predicted octanol–water partition coefficient (Wildman–Crippen LogP) is 3.50. The molecule has 2 aromatic heterocycles. The van der Waals surface area contributed by atoms with Gasteiger partial charge in [-0.15, -0.1) is 0 Å². The molecule has 0 unspecified atom stereocenters. The van der Waals surface area contributed by atoms with Gasteiger partial charge >= 0.3 is 5.69 Å². The highest BCUT2D eigenvalue weighted by Crippen LogP contribution is 2.29. The Hall–Kier alpha value is -3.00. The van der Waals surface area contributed by atoms with E-state index in [2.05, 4.69) is 10.3 Å². The molecule has 3 aromatic rings. The Balaban J connectivity index is 1.52. The van der Waals surface area contributed by atoms with E-state index in [0.29, 0.717) is 23.0 Å². The number of aromatic nitrogens is 2. The molecule has 1 amide bonds. The van der Waals surface area contributed by atoms with Crippen molar-refractivity contribution < 1.29 is 13.9 Å². The highest BCUT2D eigenvalue weighted by molar-refractivity contribution is 8.00. The van der Waals surface area contributed by atoms with Crippen LogP contribution in [0.2, 0.25) is 0 Å². The first-order chi connectivity index (χ1) is 14.7. The lowest BCUT2D eigenvalue weighted by Gasteiger charge is -2.22. The zero-order chi connectivity index (χ0) is 20.9. The Bertz CT molecular complexity index is 1090. The van der Waals surface area contributed by atoms with Crippen molar-refractivity contribution in [2.75, 3.05) is 18.2 Å². The van der Waals surface area contributed by atoms with Crippen LogP contribution in [0.5, 0.6) is 5.75 Å². The van der Waals surface area contributed by atoms with Gasteiger partial charge in [-0.05, 0) is 49.9 Å². The van der Waals surface area contributed by atoms with Gasteiger partial charge in [-0.2, -0.15) is 4.98 Å². The molecule has 1 aromatic carbocycles. The van der Waals surface area contributed by atoms with E-state index < -0.39 is 0 Å². The second-order valence-corrected chi connectivity index (χ2v) is 8.00. The van der Waals surface area contributed by atoms with Crippen LogP contribution in [-0.4, -0.2) is 28.3 Å². The lowest BCUT2D eigenvalue weighted by Crippen LogP contribution is -2.30. The van der Waals surface area contributed by atoms with E-state index in [1.165, 1.54) is 11.8 Å². The first-order valence-electron chi connectivity index (χ1n) is 9.86. The average Bonchev–Trinajstić information content (AvgIpc) is 3.28. The topological polar surface area (TPSA) is 86.4 Å². The van der Waals surface area contributed by atoms with Crippen molar-refractivity contribution in [2.24, 2.45) is 0 Å². The van der Waals surface area contributed by atoms with E-state index >= 15 is 0 Å². The molecule has 8 heteroatoms. The standard InChI is InChI=1S/C22H23N3O4S/c1-28-19-11-5-3-9-17(19)23-20(26)14-30-21-16-8-2-4-10-18(16)25(22(27)24-21)13-15-7-6-12-29-15/h3,5-7,9,11-12H,2,4,8,10,13-14H2,1H3,(H,23,26). The number of carbonyl (C=O) groups excluding carboxylic acids is 1. The number of hydrogen-bond acceptors (Lipinski definition) is 6. The van der Waals surface area contributed by atoms with Crippen molar-refractivity contribution in [3.63, 3.8) is 0 Å². The zero-order valence-electron chi connectivity index (χ0n) is 16.7. The Morgan fingerprint density at radius 1 is 1.23 bits per heavy atom. The molecule has 0 radical (unpaired) electrons. The van der Waals surface area contributed by atoms with Crippen LogP contribution in [0.1, 0.15) is 29.9 Å². The number of amides is 1. The Kier molecular flexibility index (Phi) is 6.23. The number of benzene rings is 1. The number of nitrogens with zero attached hydrogens (tertiary/aromatic N) is 2. The first kappa shape index (κ1) is 20.3. The molecular formula is C22H23N3O4S. The fourth-order valence-corrected chi connectivity index (χ4v) is 4.53. The average molecular weight is 426 g/mol. The van der Waals surface area contributed by atoms with Crippen LogP contribution in [0.25, 0.3) is 0 Å². The van der Waals surface area contributed by atoms with Crippen LogP contribution in [0, 0.1) is 0 Å². The molecule has 0 bridgehead atoms. The maximum Gasteiger partial charge on any atom is 0.349 e. The van der Waals surface area contributed by atoms with E-state index in [-0.39, 0.29) is 17.3 Å². The molecule has 4 rings (SSSR count). The minimum atomic E-state index is -0.306. The first-order valence-corrected chi connectivity index (χ1v) is 10.8. The van der Waals surface area contributed by atoms with Crippen LogP contribution in [0.4, 0.5) is 5.69 Å². The second kappa shape index (κ2) is 9.21. The van der Waals surface area contributed by atoms with Crippen LogP contribution in [0.3, 0.4) is 0 Å². The van der Waals surface area contributed by atoms with Gasteiger partial charge in [-0.1, -0.05) is 23.9 Å². The minimum absolute atomic E-state index is 0.166. The number of rotatable bonds is 7. The van der Waals surface area contributed by atoms with Crippen LogP contribution >= 0.6 is 11.8 Å². The summed E-state index contributed by atoms with van der Waals surface area (Å²) >= 11 is 1.31. The fraction of sp³-hybridized carbons (Fsp3) is 0.318. The van der Waals surface area contributed by atoms with Crippen LogP contribution in [0.15, 0.2) is 56.9 Å². The lowest BCUT2D eigenvalue weighted by molar-refractivity contribution is -0.113. The maximum absolute atomic E-state index is 12.7. The smallest absolute Gasteiger partial charge is 0.349 e. The summed E-state index contributed by atoms with van der Waals surface area (Å²) in [6.07, 6.45) is 5.37. The van der Waals surface area contributed by atoms with Gasteiger partial charge in [0.15, 0.2) is 0 Å². The van der Waals surface area contributed by atoms with Crippen LogP contribution in [-0.2, 0) is 24.2 Å². The van der Waals surface area contributed by atoms with Crippen molar-refractivity contribution >= 4 is 23.4 Å². The van der Waals surface area contributed by atoms with Crippen molar-refractivity contribution in [1.29, 1.82) is 0 Å². The Morgan fingerprint density at radius 2 is 2.07 bits per heavy atom. The second-order valence-electron chi connectivity index (χ2n) is 7.03. The van der Waals surface area contributed by atoms with E-state index in [0.717, 1.165) is 42.7 Å². The molecule has 156 valence electrons. The molecule has 7 nitrogen and oxygen atoms in total. The normalized spacial score (nSPS) is 13.0. The molecule has 1 aliphatic rings. The van der Waals surface area contributed by atoms with Crippen molar-refractivity contribution in [2.45, 2.75) is 37.3 Å². The molecule has 30 heavy (non-hydrogen) atoms. The van der Waals surface area contributed by atoms with Gasteiger partial charge in [0.05, 0.1) is 31.4 Å². The van der Waals surface area contributed by atoms with Crippen molar-refractivity contribution in [1.82, 2.24) is 9.55 Å². The Labute approximate surface area is 178 Å². The summed E-state index contributed by atoms with van der Waals surface area (Å²) in [5.74, 6) is 1.32. The molecule has 2 heterocycles. The highest BCUT2D eigenvalue weighted by Gasteiger charge is 2.21. The number of carbonyl (C=O) groups is 1. The number of hydrogen-bond donors (Lipinski definition) is 1. The molecule has 0 saturated heterocycles. The van der Waals surface area contributed by atoms with Gasteiger partial charge in [0, 0.05) is 11.3 Å². The van der Waals surface area contributed by atoms with Gasteiger partial charge in [0.2, 0.25) is 5.91 Å². The van der Waals surface area contributed by atoms with Crippen molar-refractivity contribution in [3.05, 3.63) is 70.2 Å². The summed E-state index contributed by atoms with van der Waals surface area (Å²) in [4.78, 5) is 29.5. The van der Waals surface area contributed by atoms with Gasteiger partial charge in [0.1, 0.15) is 16.5 Å². The summed E-state index contributed by atoms with van der Waals surface area (Å²) < 4.78 is 12.4. The number of anilines is 1. The van der Waals surface area contributed by atoms with Gasteiger partial charge in [-0.3, -0.25) is 9.36 Å². The van der Waals surface area contributed by atoms with E-state index in [9.17, 15) is 9.59 Å². The number of ether oxygens (including phenoxy) is 1. The molecule has 0 aliphatic heterocycles. The summed E-state index contributed by atoms with van der Waals surface area (Å²) in [6, 6.07) is 10.9. The molecule has 1 aliphatic carbocycles. The zero-order valence-corrected chi connectivity index (χ0v) is 17.5. The quantitative estimate of drug-likeness (QED) is 0.461. The molecule has 1 N–H and O–H groups in total. The third-order valence-corrected chi connectivity index (χ3v) is 6.08. The summed E-state index contributed by atoms with van der Waals surface area (Å²) in [5, 5.41) is 3.51. The van der Waals surface area contributed by atoms with Crippen LogP contribution < -0.4 is 15.7 Å². The summed E-state index contributed by atoms with van der Waals surface area (Å²) in [7, 11) is 1.56. The molecule has 0 saturated carbocycles. The van der Waals surface area contributed by atoms with E-state index in [4.69, 9.17) is 9.15 Å². The Morgan fingerprint density at radius 3 is 2.87 bits per heavy atom. The SMILES string of the molecule is COc1ccccc1NC(=O)CSc1nc(=O)n(Cc2ccco2)c2c1CCCC2. The number of thioether (sulfide) groups is 1. The highest BCUT2D eigenvalue weighted by atomic mass is 32.2. The maximum atomic E-state index is 12.7. The fourth-order valence-electron chi connectivity index (χ4n) is 3.66. The van der Waals surface area contributed by atoms with Crippen molar-refractivity contribution in [3.8, 4) is 5.75 Å². The number of nitrogens with one attached hydrogen (secondary N) is 1. The monoisotopic (exact) mass is 425 g/mol. The van der Waals surface area contributed by atoms with Gasteiger partial charge in [-0.25, -0.2) is 4.79 Å². The lowest BCUT2D eigenvalue weighted by atomic mass is 9.97. The third kappa shape index (κ3) is 4.43. The van der Waals surface area contributed by atoms with Gasteiger partial charge < -0.3 is 14.5 Å². The number of fused-ring (bicyclic) bond motifs is 1. The predicted molar refractivity (Wildman–Crippen MR) is 115 cm³/mol. The number of furan rings is 1. The summed E-state index contributed by atoms with van der Waals surface area (Å²) in [5.41, 5.74) is 2.39. The van der Waals surface area contributed by atoms with E-state index in [1.807, 2.05) is 24.3 Å². The van der Waals surface area contributed by atoms with Gasteiger partial charge in [0.25, 0.3) is 0 Å². The number of para-hydroxylation sites is 2. The third-order valence-electron chi connectivity index (χ3n) is 5.07.